The Hall–Kier alpha value is -2.48. The molecule has 2 aromatic carbocycles. The number of nitrogens with zero attached hydrogens (tertiary/aromatic N) is 1. The van der Waals surface area contributed by atoms with E-state index in [0.29, 0.717) is 6.42 Å². The Morgan fingerprint density at radius 3 is 2.04 bits per heavy atom. The smallest absolute Gasteiger partial charge is 0.243 e. The van der Waals surface area contributed by atoms with Crippen molar-refractivity contribution < 1.29 is 22.0 Å². The van der Waals surface area contributed by atoms with Crippen LogP contribution in [0.1, 0.15) is 12.5 Å². The van der Waals surface area contributed by atoms with Gasteiger partial charge in [0, 0.05) is 6.54 Å². The molecule has 0 bridgehead atoms. The van der Waals surface area contributed by atoms with Crippen LogP contribution >= 0.6 is 0 Å². The molecular weight excluding hydrogens is 362 g/mol. The van der Waals surface area contributed by atoms with Gasteiger partial charge in [-0.25, -0.2) is 17.2 Å². The summed E-state index contributed by atoms with van der Waals surface area (Å²) in [4.78, 5) is 12.4. The number of hydrogen-bond acceptors (Lipinski definition) is 3. The molecule has 0 aliphatic carbocycles. The molecule has 0 spiro atoms. The first-order valence-corrected chi connectivity index (χ1v) is 9.80. The molecule has 140 valence electrons. The maximum absolute atomic E-state index is 13.1. The van der Waals surface area contributed by atoms with E-state index in [-0.39, 0.29) is 18.0 Å². The summed E-state index contributed by atoms with van der Waals surface area (Å²) in [6.07, 6.45) is 1.47. The van der Waals surface area contributed by atoms with Gasteiger partial charge in [-0.15, -0.1) is 0 Å². The zero-order valence-corrected chi connectivity index (χ0v) is 15.3. The van der Waals surface area contributed by atoms with Gasteiger partial charge in [-0.05, 0) is 55.3 Å². The number of amides is 1. The van der Waals surface area contributed by atoms with E-state index in [9.17, 15) is 22.0 Å². The predicted octanol–water partition coefficient (Wildman–Crippen LogP) is 2.48. The van der Waals surface area contributed by atoms with E-state index in [1.807, 2.05) is 0 Å². The monoisotopic (exact) mass is 382 g/mol. The van der Waals surface area contributed by atoms with Gasteiger partial charge in [-0.3, -0.25) is 9.10 Å². The van der Waals surface area contributed by atoms with E-state index in [0.717, 1.165) is 28.3 Å². The molecular formula is C18H20F2N2O3S. The van der Waals surface area contributed by atoms with Crippen LogP contribution in [0.3, 0.4) is 0 Å². The quantitative estimate of drug-likeness (QED) is 0.800. The van der Waals surface area contributed by atoms with Crippen molar-refractivity contribution in [1.82, 2.24) is 5.32 Å². The van der Waals surface area contributed by atoms with Crippen LogP contribution in [0.5, 0.6) is 0 Å². The third kappa shape index (κ3) is 5.26. The zero-order valence-electron chi connectivity index (χ0n) is 14.4. The van der Waals surface area contributed by atoms with Crippen LogP contribution in [-0.4, -0.2) is 33.2 Å². The van der Waals surface area contributed by atoms with Crippen LogP contribution in [0, 0.1) is 11.6 Å². The number of rotatable bonds is 7. The van der Waals surface area contributed by atoms with Crippen molar-refractivity contribution >= 4 is 21.6 Å². The molecule has 0 radical (unpaired) electrons. The number of sulfonamides is 1. The Kier molecular flexibility index (Phi) is 6.31. The first-order chi connectivity index (χ1) is 12.2. The zero-order chi connectivity index (χ0) is 19.3. The van der Waals surface area contributed by atoms with Gasteiger partial charge in [0.05, 0.1) is 11.9 Å². The Bertz CT molecular complexity index is 853. The molecule has 2 aromatic rings. The molecule has 1 unspecified atom stereocenters. The number of carbonyl (C=O) groups excluding carboxylic acids is 1. The fourth-order valence-electron chi connectivity index (χ4n) is 2.53. The third-order valence-corrected chi connectivity index (χ3v) is 5.04. The van der Waals surface area contributed by atoms with Gasteiger partial charge in [0.1, 0.15) is 17.7 Å². The molecule has 0 aliphatic rings. The van der Waals surface area contributed by atoms with Gasteiger partial charge in [-0.2, -0.15) is 0 Å². The topological polar surface area (TPSA) is 66.5 Å². The minimum absolute atomic E-state index is 0.204. The fraction of sp³-hybridized carbons (Fsp3) is 0.278. The van der Waals surface area contributed by atoms with Crippen molar-refractivity contribution in [3.63, 3.8) is 0 Å². The summed E-state index contributed by atoms with van der Waals surface area (Å²) >= 11 is 0. The lowest BCUT2D eigenvalue weighted by Gasteiger charge is -2.28. The van der Waals surface area contributed by atoms with Gasteiger partial charge in [0.2, 0.25) is 15.9 Å². The molecule has 0 aromatic heterocycles. The summed E-state index contributed by atoms with van der Waals surface area (Å²) in [5.74, 6) is -1.32. The average molecular weight is 382 g/mol. The second kappa shape index (κ2) is 8.27. The van der Waals surface area contributed by atoms with Gasteiger partial charge < -0.3 is 5.32 Å². The number of benzene rings is 2. The van der Waals surface area contributed by atoms with Crippen LogP contribution in [-0.2, 0) is 21.2 Å². The van der Waals surface area contributed by atoms with Crippen molar-refractivity contribution in [1.29, 1.82) is 0 Å². The minimum atomic E-state index is -3.75. The standard InChI is InChI=1S/C18H20F2N2O3S/c1-13(18(23)21-12-11-14-3-5-15(19)6-4-14)22(26(2,24)25)17-9-7-16(20)8-10-17/h3-10,13H,11-12H2,1-2H3,(H,21,23). The van der Waals surface area contributed by atoms with E-state index in [4.69, 9.17) is 0 Å². The Balaban J connectivity index is 2.05. The van der Waals surface area contributed by atoms with Crippen molar-refractivity contribution in [2.45, 2.75) is 19.4 Å². The van der Waals surface area contributed by atoms with Crippen LogP contribution in [0.4, 0.5) is 14.5 Å². The summed E-state index contributed by atoms with van der Waals surface area (Å²) in [5.41, 5.74) is 1.05. The third-order valence-electron chi connectivity index (χ3n) is 3.80. The highest BCUT2D eigenvalue weighted by atomic mass is 32.2. The van der Waals surface area contributed by atoms with Crippen molar-refractivity contribution in [2.24, 2.45) is 0 Å². The molecule has 8 heteroatoms. The van der Waals surface area contributed by atoms with Crippen LogP contribution in [0.15, 0.2) is 48.5 Å². The lowest BCUT2D eigenvalue weighted by Crippen LogP contribution is -2.48. The molecule has 5 nitrogen and oxygen atoms in total. The van der Waals surface area contributed by atoms with Crippen molar-refractivity contribution in [2.75, 3.05) is 17.1 Å². The summed E-state index contributed by atoms with van der Waals surface area (Å²) in [6.45, 7) is 1.73. The number of carbonyl (C=O) groups is 1. The van der Waals surface area contributed by atoms with Crippen LogP contribution in [0.25, 0.3) is 0 Å². The molecule has 0 heterocycles. The average Bonchev–Trinajstić information content (AvgIpc) is 2.57. The molecule has 26 heavy (non-hydrogen) atoms. The van der Waals surface area contributed by atoms with E-state index < -0.39 is 27.8 Å². The molecule has 1 N–H and O–H groups in total. The van der Waals surface area contributed by atoms with Crippen LogP contribution < -0.4 is 9.62 Å². The Labute approximate surface area is 151 Å². The number of anilines is 1. The fourth-order valence-corrected chi connectivity index (χ4v) is 3.70. The minimum Gasteiger partial charge on any atom is -0.354 e. The summed E-state index contributed by atoms with van der Waals surface area (Å²) in [7, 11) is -3.75. The lowest BCUT2D eigenvalue weighted by molar-refractivity contribution is -0.121. The molecule has 0 fully saturated rings. The molecule has 1 atom stereocenters. The molecule has 2 rings (SSSR count). The van der Waals surface area contributed by atoms with Gasteiger partial charge in [0.25, 0.3) is 0 Å². The first-order valence-electron chi connectivity index (χ1n) is 7.95. The van der Waals surface area contributed by atoms with E-state index in [1.54, 1.807) is 12.1 Å². The van der Waals surface area contributed by atoms with E-state index in [2.05, 4.69) is 5.32 Å². The maximum atomic E-state index is 13.1. The van der Waals surface area contributed by atoms with Crippen molar-refractivity contribution in [3.8, 4) is 0 Å². The second-order valence-corrected chi connectivity index (χ2v) is 7.74. The highest BCUT2D eigenvalue weighted by molar-refractivity contribution is 7.92. The SMILES string of the molecule is CC(C(=O)NCCc1ccc(F)cc1)N(c1ccc(F)cc1)S(C)(=O)=O. The largest absolute Gasteiger partial charge is 0.354 e. The van der Waals surface area contributed by atoms with Gasteiger partial charge in [0.15, 0.2) is 0 Å². The predicted molar refractivity (Wildman–Crippen MR) is 96.3 cm³/mol. The van der Waals surface area contributed by atoms with E-state index >= 15 is 0 Å². The maximum Gasteiger partial charge on any atom is 0.243 e. The first kappa shape index (κ1) is 19.8. The Morgan fingerprint density at radius 1 is 1.04 bits per heavy atom. The molecule has 0 saturated carbocycles. The van der Waals surface area contributed by atoms with Crippen LogP contribution in [0.2, 0.25) is 0 Å². The number of halogens is 2. The summed E-state index contributed by atoms with van der Waals surface area (Å²) in [6, 6.07) is 9.76. The highest BCUT2D eigenvalue weighted by Gasteiger charge is 2.28. The molecule has 0 saturated heterocycles. The van der Waals surface area contributed by atoms with E-state index in [1.165, 1.54) is 31.2 Å². The number of hydrogen-bond donors (Lipinski definition) is 1. The summed E-state index contributed by atoms with van der Waals surface area (Å²) in [5, 5.41) is 2.67. The highest BCUT2D eigenvalue weighted by Crippen LogP contribution is 2.21. The molecule has 0 aliphatic heterocycles. The van der Waals surface area contributed by atoms with Gasteiger partial charge in [-0.1, -0.05) is 12.1 Å². The molecule has 1 amide bonds. The summed E-state index contributed by atoms with van der Waals surface area (Å²) < 4.78 is 51.1. The number of nitrogens with one attached hydrogen (secondary N) is 1. The lowest BCUT2D eigenvalue weighted by atomic mass is 10.1. The van der Waals surface area contributed by atoms with Gasteiger partial charge >= 0.3 is 0 Å². The second-order valence-electron chi connectivity index (χ2n) is 5.88. The van der Waals surface area contributed by atoms with Crippen molar-refractivity contribution in [3.05, 3.63) is 65.7 Å². The Morgan fingerprint density at radius 2 is 1.54 bits per heavy atom. The normalized spacial score (nSPS) is 12.5.